The number of esters is 2. The highest BCUT2D eigenvalue weighted by Gasteiger charge is 2.20. The van der Waals surface area contributed by atoms with Gasteiger partial charge in [0.2, 0.25) is 0 Å². The Morgan fingerprint density at radius 2 is 1.86 bits per heavy atom. The minimum atomic E-state index is -0.718. The molecular formula is C15H16ClFO4. The van der Waals surface area contributed by atoms with Gasteiger partial charge < -0.3 is 9.47 Å². The fraction of sp³-hybridized carbons (Fsp3) is 0.467. The Kier molecular flexibility index (Phi) is 5.56. The molecule has 0 saturated heterocycles. The van der Waals surface area contributed by atoms with Crippen LogP contribution in [0.15, 0.2) is 18.2 Å². The summed E-state index contributed by atoms with van der Waals surface area (Å²) in [5.41, 5.74) is 0. The smallest absolute Gasteiger partial charge is 0.311 e. The normalized spacial score (nSPS) is 15.0. The van der Waals surface area contributed by atoms with E-state index >= 15 is 0 Å². The maximum atomic E-state index is 13.4. The molecule has 114 valence electrons. The van der Waals surface area contributed by atoms with E-state index < -0.39 is 17.8 Å². The van der Waals surface area contributed by atoms with Crippen molar-refractivity contribution in [3.05, 3.63) is 29.0 Å². The summed E-state index contributed by atoms with van der Waals surface area (Å²) in [5.74, 6) is -2.18. The summed E-state index contributed by atoms with van der Waals surface area (Å²) < 4.78 is 23.5. The lowest BCUT2D eigenvalue weighted by Gasteiger charge is -2.11. The molecule has 0 heterocycles. The molecule has 1 saturated carbocycles. The molecule has 1 fully saturated rings. The number of rotatable bonds is 5. The first-order chi connectivity index (χ1) is 10.1. The topological polar surface area (TPSA) is 52.6 Å². The maximum absolute atomic E-state index is 13.4. The summed E-state index contributed by atoms with van der Waals surface area (Å²) in [4.78, 5) is 23.2. The molecule has 0 spiro atoms. The van der Waals surface area contributed by atoms with Crippen molar-refractivity contribution < 1.29 is 23.5 Å². The molecule has 1 aromatic carbocycles. The predicted octanol–water partition coefficient (Wildman–Crippen LogP) is 3.65. The fourth-order valence-corrected chi connectivity index (χ4v) is 2.40. The van der Waals surface area contributed by atoms with Crippen molar-refractivity contribution >= 4 is 23.5 Å². The van der Waals surface area contributed by atoms with Crippen LogP contribution in [0, 0.1) is 5.82 Å². The zero-order chi connectivity index (χ0) is 15.2. The van der Waals surface area contributed by atoms with Crippen LogP contribution in [0.3, 0.4) is 0 Å². The van der Waals surface area contributed by atoms with E-state index in [1.807, 2.05) is 0 Å². The highest BCUT2D eigenvalue weighted by Crippen LogP contribution is 2.27. The van der Waals surface area contributed by atoms with Crippen LogP contribution in [-0.4, -0.2) is 18.0 Å². The molecule has 1 aliphatic rings. The van der Waals surface area contributed by atoms with Crippen LogP contribution in [-0.2, 0) is 14.3 Å². The van der Waals surface area contributed by atoms with Gasteiger partial charge in [-0.05, 0) is 37.8 Å². The molecule has 0 radical (unpaired) electrons. The highest BCUT2D eigenvalue weighted by molar-refractivity contribution is 6.32. The number of carbonyl (C=O) groups excluding carboxylic acids is 2. The van der Waals surface area contributed by atoms with E-state index in [0.29, 0.717) is 0 Å². The summed E-state index contributed by atoms with van der Waals surface area (Å²) >= 11 is 5.74. The Morgan fingerprint density at radius 1 is 1.19 bits per heavy atom. The van der Waals surface area contributed by atoms with Crippen molar-refractivity contribution in [2.75, 3.05) is 0 Å². The van der Waals surface area contributed by atoms with Gasteiger partial charge in [0.05, 0.1) is 17.9 Å². The van der Waals surface area contributed by atoms with Crippen molar-refractivity contribution in [2.45, 2.75) is 44.6 Å². The van der Waals surface area contributed by atoms with Gasteiger partial charge in [0, 0.05) is 0 Å². The van der Waals surface area contributed by atoms with Crippen LogP contribution < -0.4 is 4.74 Å². The molecule has 4 nitrogen and oxygen atoms in total. The Bertz CT molecular complexity index is 506. The number of carbonyl (C=O) groups is 2. The SMILES string of the molecule is O=C(CCC(=O)OC1CCCC1)Oc1c(F)cccc1Cl. The first kappa shape index (κ1) is 15.8. The molecule has 21 heavy (non-hydrogen) atoms. The van der Waals surface area contributed by atoms with Gasteiger partial charge in [-0.15, -0.1) is 0 Å². The van der Waals surface area contributed by atoms with Crippen LogP contribution in [0.2, 0.25) is 5.02 Å². The van der Waals surface area contributed by atoms with Gasteiger partial charge in [0.25, 0.3) is 0 Å². The number of hydrogen-bond acceptors (Lipinski definition) is 4. The van der Waals surface area contributed by atoms with Crippen LogP contribution in [0.5, 0.6) is 5.75 Å². The van der Waals surface area contributed by atoms with Crippen molar-refractivity contribution in [3.8, 4) is 5.75 Å². The second-order valence-electron chi connectivity index (χ2n) is 4.92. The van der Waals surface area contributed by atoms with Gasteiger partial charge in [0.1, 0.15) is 6.10 Å². The number of ether oxygens (including phenoxy) is 2. The zero-order valence-electron chi connectivity index (χ0n) is 11.4. The molecule has 0 aliphatic heterocycles. The molecule has 6 heteroatoms. The Hall–Kier alpha value is -1.62. The number of benzene rings is 1. The van der Waals surface area contributed by atoms with Crippen molar-refractivity contribution in [1.29, 1.82) is 0 Å². The molecule has 2 rings (SSSR count). The number of halogens is 2. The number of para-hydroxylation sites is 1. The van der Waals surface area contributed by atoms with Crippen molar-refractivity contribution in [2.24, 2.45) is 0 Å². The molecule has 0 amide bonds. The average molecular weight is 315 g/mol. The van der Waals surface area contributed by atoms with Crippen LogP contribution in [0.4, 0.5) is 4.39 Å². The van der Waals surface area contributed by atoms with Gasteiger partial charge in [0.15, 0.2) is 11.6 Å². The van der Waals surface area contributed by atoms with E-state index in [1.165, 1.54) is 12.1 Å². The van der Waals surface area contributed by atoms with E-state index in [2.05, 4.69) is 0 Å². The zero-order valence-corrected chi connectivity index (χ0v) is 12.2. The molecule has 0 atom stereocenters. The third-order valence-corrected chi connectivity index (χ3v) is 3.57. The summed E-state index contributed by atoms with van der Waals surface area (Å²) in [5, 5.41) is 0.0110. The third kappa shape index (κ3) is 4.70. The Morgan fingerprint density at radius 3 is 2.52 bits per heavy atom. The molecule has 0 unspecified atom stereocenters. The molecule has 0 bridgehead atoms. The van der Waals surface area contributed by atoms with Crippen molar-refractivity contribution in [1.82, 2.24) is 0 Å². The van der Waals surface area contributed by atoms with E-state index in [4.69, 9.17) is 21.1 Å². The van der Waals surface area contributed by atoms with Gasteiger partial charge in [-0.1, -0.05) is 17.7 Å². The first-order valence-electron chi connectivity index (χ1n) is 6.90. The summed E-state index contributed by atoms with van der Waals surface area (Å²) in [6.45, 7) is 0. The van der Waals surface area contributed by atoms with Gasteiger partial charge >= 0.3 is 11.9 Å². The first-order valence-corrected chi connectivity index (χ1v) is 7.28. The highest BCUT2D eigenvalue weighted by atomic mass is 35.5. The second kappa shape index (κ2) is 7.41. The van der Waals surface area contributed by atoms with Crippen molar-refractivity contribution in [3.63, 3.8) is 0 Å². The minimum Gasteiger partial charge on any atom is -0.462 e. The minimum absolute atomic E-state index is 0.0110. The van der Waals surface area contributed by atoms with Gasteiger partial charge in [-0.3, -0.25) is 9.59 Å². The lowest BCUT2D eigenvalue weighted by Crippen LogP contribution is -2.17. The largest absolute Gasteiger partial charge is 0.462 e. The Labute approximate surface area is 127 Å². The van der Waals surface area contributed by atoms with E-state index in [9.17, 15) is 14.0 Å². The van der Waals surface area contributed by atoms with Gasteiger partial charge in [-0.25, -0.2) is 4.39 Å². The quantitative estimate of drug-likeness (QED) is 0.615. The predicted molar refractivity (Wildman–Crippen MR) is 74.6 cm³/mol. The Balaban J connectivity index is 1.78. The standard InChI is InChI=1S/C15H16ClFO4/c16-11-6-3-7-12(17)15(11)21-14(19)9-8-13(18)20-10-4-1-2-5-10/h3,6-7,10H,1-2,4-5,8-9H2. The molecule has 1 aliphatic carbocycles. The maximum Gasteiger partial charge on any atom is 0.311 e. The van der Waals surface area contributed by atoms with E-state index in [1.54, 1.807) is 0 Å². The van der Waals surface area contributed by atoms with E-state index in [0.717, 1.165) is 31.7 Å². The summed E-state index contributed by atoms with van der Waals surface area (Å²) in [6.07, 6.45) is 3.59. The van der Waals surface area contributed by atoms with Gasteiger partial charge in [-0.2, -0.15) is 0 Å². The van der Waals surface area contributed by atoms with E-state index in [-0.39, 0.29) is 29.7 Å². The molecule has 0 aromatic heterocycles. The number of hydrogen-bond donors (Lipinski definition) is 0. The lowest BCUT2D eigenvalue weighted by molar-refractivity contribution is -0.151. The second-order valence-corrected chi connectivity index (χ2v) is 5.33. The summed E-state index contributed by atoms with van der Waals surface area (Å²) in [7, 11) is 0. The third-order valence-electron chi connectivity index (χ3n) is 3.27. The monoisotopic (exact) mass is 314 g/mol. The summed E-state index contributed by atoms with van der Waals surface area (Å²) in [6, 6.07) is 3.97. The molecular weight excluding hydrogens is 299 g/mol. The lowest BCUT2D eigenvalue weighted by atomic mass is 10.3. The van der Waals surface area contributed by atoms with Crippen LogP contribution in [0.25, 0.3) is 0 Å². The fourth-order valence-electron chi connectivity index (χ4n) is 2.20. The van der Waals surface area contributed by atoms with Crippen LogP contribution in [0.1, 0.15) is 38.5 Å². The molecule has 0 N–H and O–H groups in total. The van der Waals surface area contributed by atoms with Crippen LogP contribution >= 0.6 is 11.6 Å². The molecule has 1 aromatic rings. The average Bonchev–Trinajstić information content (AvgIpc) is 2.94.